The van der Waals surface area contributed by atoms with E-state index in [0.717, 1.165) is 25.8 Å². The first kappa shape index (κ1) is 13.3. The molecule has 1 aliphatic carbocycles. The molecule has 0 saturated heterocycles. The first-order valence-corrected chi connectivity index (χ1v) is 6.85. The second kappa shape index (κ2) is 5.25. The number of allylic oxidation sites excluding steroid dienone is 1. The van der Waals surface area contributed by atoms with E-state index in [1.54, 1.807) is 0 Å². The molecular weight excluding hydrogens is 220 g/mol. The Balaban J connectivity index is 2.19. The summed E-state index contributed by atoms with van der Waals surface area (Å²) in [6.07, 6.45) is 7.46. The molecule has 1 aromatic carbocycles. The molecule has 3 N–H and O–H groups in total. The van der Waals surface area contributed by atoms with Crippen molar-refractivity contribution < 1.29 is 0 Å². The molecule has 0 fully saturated rings. The van der Waals surface area contributed by atoms with Crippen molar-refractivity contribution in [2.45, 2.75) is 44.2 Å². The average Bonchev–Trinajstić information content (AvgIpc) is 2.37. The quantitative estimate of drug-likeness (QED) is 0.631. The first-order valence-electron chi connectivity index (χ1n) is 6.85. The number of nitrogens with two attached hydrogens (primary N) is 1. The molecule has 2 rings (SSSR count). The molecule has 0 saturated carbocycles. The highest BCUT2D eigenvalue weighted by atomic mass is 15.1. The summed E-state index contributed by atoms with van der Waals surface area (Å²) in [5.74, 6) is 0. The highest BCUT2D eigenvalue weighted by Crippen LogP contribution is 2.38. The zero-order valence-electron chi connectivity index (χ0n) is 11.4. The van der Waals surface area contributed by atoms with Gasteiger partial charge in [0.05, 0.1) is 5.66 Å². The molecular formula is C16H24N2. The van der Waals surface area contributed by atoms with Crippen molar-refractivity contribution in [3.05, 3.63) is 48.0 Å². The highest BCUT2D eigenvalue weighted by Gasteiger charge is 2.37. The van der Waals surface area contributed by atoms with Crippen molar-refractivity contribution in [3.8, 4) is 0 Å². The molecule has 0 aliphatic heterocycles. The summed E-state index contributed by atoms with van der Waals surface area (Å²) in [5.41, 5.74) is 7.61. The smallest absolute Gasteiger partial charge is 0.0862 e. The van der Waals surface area contributed by atoms with Gasteiger partial charge in [-0.1, -0.05) is 56.3 Å². The summed E-state index contributed by atoms with van der Waals surface area (Å²) in [7, 11) is 0. The number of hydrogen-bond donors (Lipinski definition) is 2. The minimum absolute atomic E-state index is 0.130. The largest absolute Gasteiger partial charge is 0.310 e. The van der Waals surface area contributed by atoms with E-state index in [4.69, 9.17) is 5.73 Å². The Morgan fingerprint density at radius 1 is 1.28 bits per heavy atom. The van der Waals surface area contributed by atoms with Gasteiger partial charge in [0, 0.05) is 0 Å². The van der Waals surface area contributed by atoms with Crippen LogP contribution < -0.4 is 11.1 Å². The standard InChI is InChI=1S/C16H24N2/c1-3-12-18-16(17)11-7-10-15(2,13-16)14-8-5-4-6-9-14/h4-9,11,18H,3,10,12-13,17H2,1-2H3. The molecule has 0 amide bonds. The maximum absolute atomic E-state index is 6.46. The lowest BCUT2D eigenvalue weighted by Crippen LogP contribution is -2.57. The molecule has 0 heterocycles. The van der Waals surface area contributed by atoms with Gasteiger partial charge in [-0.25, -0.2) is 0 Å². The van der Waals surface area contributed by atoms with E-state index in [9.17, 15) is 0 Å². The van der Waals surface area contributed by atoms with Crippen LogP contribution in [0.15, 0.2) is 42.5 Å². The van der Waals surface area contributed by atoms with Gasteiger partial charge < -0.3 is 5.73 Å². The predicted molar refractivity (Wildman–Crippen MR) is 77.4 cm³/mol. The summed E-state index contributed by atoms with van der Waals surface area (Å²) in [4.78, 5) is 0. The van der Waals surface area contributed by atoms with Gasteiger partial charge in [-0.15, -0.1) is 0 Å². The minimum atomic E-state index is -0.362. The lowest BCUT2D eigenvalue weighted by atomic mass is 9.70. The van der Waals surface area contributed by atoms with Gasteiger partial charge in [0.15, 0.2) is 0 Å². The van der Waals surface area contributed by atoms with E-state index in [0.29, 0.717) is 0 Å². The van der Waals surface area contributed by atoms with E-state index in [2.05, 4.69) is 61.6 Å². The summed E-state index contributed by atoms with van der Waals surface area (Å²) in [6.45, 7) is 5.44. The lowest BCUT2D eigenvalue weighted by Gasteiger charge is -2.41. The fourth-order valence-corrected chi connectivity index (χ4v) is 2.85. The predicted octanol–water partition coefficient (Wildman–Crippen LogP) is 2.95. The van der Waals surface area contributed by atoms with Gasteiger partial charge >= 0.3 is 0 Å². The van der Waals surface area contributed by atoms with Crippen molar-refractivity contribution in [2.24, 2.45) is 5.73 Å². The fourth-order valence-electron chi connectivity index (χ4n) is 2.85. The van der Waals surface area contributed by atoms with E-state index in [-0.39, 0.29) is 11.1 Å². The molecule has 1 aromatic rings. The molecule has 2 heteroatoms. The van der Waals surface area contributed by atoms with Crippen molar-refractivity contribution >= 4 is 0 Å². The monoisotopic (exact) mass is 244 g/mol. The lowest BCUT2D eigenvalue weighted by molar-refractivity contribution is 0.275. The zero-order valence-corrected chi connectivity index (χ0v) is 11.4. The number of nitrogens with one attached hydrogen (secondary N) is 1. The molecule has 0 radical (unpaired) electrons. The van der Waals surface area contributed by atoms with Gasteiger partial charge in [-0.2, -0.15) is 0 Å². The first-order chi connectivity index (χ1) is 8.58. The molecule has 18 heavy (non-hydrogen) atoms. The van der Waals surface area contributed by atoms with Crippen LogP contribution in [0.4, 0.5) is 0 Å². The average molecular weight is 244 g/mol. The summed E-state index contributed by atoms with van der Waals surface area (Å²) in [6, 6.07) is 10.7. The highest BCUT2D eigenvalue weighted by molar-refractivity contribution is 5.29. The summed E-state index contributed by atoms with van der Waals surface area (Å²) < 4.78 is 0. The molecule has 98 valence electrons. The van der Waals surface area contributed by atoms with Crippen LogP contribution in [0.2, 0.25) is 0 Å². The second-order valence-corrected chi connectivity index (χ2v) is 5.68. The Kier molecular flexibility index (Phi) is 3.88. The van der Waals surface area contributed by atoms with Crippen molar-refractivity contribution in [1.29, 1.82) is 0 Å². The van der Waals surface area contributed by atoms with E-state index in [1.165, 1.54) is 5.56 Å². The second-order valence-electron chi connectivity index (χ2n) is 5.68. The molecule has 0 aromatic heterocycles. The van der Waals surface area contributed by atoms with Crippen LogP contribution >= 0.6 is 0 Å². The van der Waals surface area contributed by atoms with Crippen LogP contribution in [0.3, 0.4) is 0 Å². The number of hydrogen-bond acceptors (Lipinski definition) is 2. The van der Waals surface area contributed by atoms with Crippen LogP contribution in [-0.4, -0.2) is 12.2 Å². The molecule has 0 bridgehead atoms. The van der Waals surface area contributed by atoms with Crippen molar-refractivity contribution in [2.75, 3.05) is 6.54 Å². The minimum Gasteiger partial charge on any atom is -0.310 e. The Bertz CT molecular complexity index is 412. The zero-order chi connectivity index (χ0) is 13.1. The van der Waals surface area contributed by atoms with Gasteiger partial charge in [0.2, 0.25) is 0 Å². The van der Waals surface area contributed by atoms with Crippen LogP contribution in [0, 0.1) is 0 Å². The third kappa shape index (κ3) is 2.82. The number of benzene rings is 1. The Hall–Kier alpha value is -1.12. The Morgan fingerprint density at radius 3 is 2.67 bits per heavy atom. The molecule has 0 spiro atoms. The maximum atomic E-state index is 6.46. The maximum Gasteiger partial charge on any atom is 0.0862 e. The van der Waals surface area contributed by atoms with E-state index in [1.807, 2.05) is 0 Å². The number of rotatable bonds is 4. The van der Waals surface area contributed by atoms with Crippen molar-refractivity contribution in [3.63, 3.8) is 0 Å². The van der Waals surface area contributed by atoms with Gasteiger partial charge in [-0.3, -0.25) is 5.32 Å². The SMILES string of the molecule is CCCNC1(N)C=CCC(C)(c2ccccc2)C1. The van der Waals surface area contributed by atoms with Crippen LogP contribution in [0.25, 0.3) is 0 Å². The Morgan fingerprint density at radius 2 is 2.00 bits per heavy atom. The van der Waals surface area contributed by atoms with Gasteiger partial charge in [0.25, 0.3) is 0 Å². The molecule has 2 atom stereocenters. The third-order valence-corrected chi connectivity index (χ3v) is 3.84. The van der Waals surface area contributed by atoms with Gasteiger partial charge in [-0.05, 0) is 36.8 Å². The molecule has 2 nitrogen and oxygen atoms in total. The van der Waals surface area contributed by atoms with Crippen LogP contribution in [0.1, 0.15) is 38.7 Å². The van der Waals surface area contributed by atoms with Crippen LogP contribution in [0.5, 0.6) is 0 Å². The summed E-state index contributed by atoms with van der Waals surface area (Å²) in [5, 5.41) is 3.46. The van der Waals surface area contributed by atoms with Crippen LogP contribution in [-0.2, 0) is 5.41 Å². The van der Waals surface area contributed by atoms with E-state index >= 15 is 0 Å². The third-order valence-electron chi connectivity index (χ3n) is 3.84. The summed E-state index contributed by atoms with van der Waals surface area (Å²) >= 11 is 0. The van der Waals surface area contributed by atoms with Crippen molar-refractivity contribution in [1.82, 2.24) is 5.32 Å². The molecule has 2 unspecified atom stereocenters. The molecule has 1 aliphatic rings. The normalized spacial score (nSPS) is 31.5. The van der Waals surface area contributed by atoms with Gasteiger partial charge in [0.1, 0.15) is 0 Å². The van der Waals surface area contributed by atoms with E-state index < -0.39 is 0 Å². The topological polar surface area (TPSA) is 38.0 Å². The Labute approximate surface area is 110 Å². The fraction of sp³-hybridized carbons (Fsp3) is 0.500.